The molecule has 0 aliphatic carbocycles. The maximum Gasteiger partial charge on any atom is 0.345 e. The summed E-state index contributed by atoms with van der Waals surface area (Å²) in [7, 11) is 1.57. The first kappa shape index (κ1) is 21.9. The van der Waals surface area contributed by atoms with Gasteiger partial charge in [0.2, 0.25) is 0 Å². The fraction of sp³-hybridized carbons (Fsp3) is 0.0870. The second-order valence-electron chi connectivity index (χ2n) is 6.20. The van der Waals surface area contributed by atoms with Crippen LogP contribution < -0.4 is 19.6 Å². The zero-order chi connectivity index (χ0) is 22.1. The Balaban J connectivity index is 1.46. The van der Waals surface area contributed by atoms with E-state index in [0.717, 1.165) is 0 Å². The van der Waals surface area contributed by atoms with Crippen LogP contribution in [0.4, 0.5) is 0 Å². The SMILES string of the molecule is COc1ccc(OCC(=O)NN=Cc2ccc(OC(=O)c3ccccc3Cl)cc2)cc1. The normalized spacial score (nSPS) is 10.5. The van der Waals surface area contributed by atoms with Gasteiger partial charge in [-0.05, 0) is 66.2 Å². The van der Waals surface area contributed by atoms with E-state index in [0.29, 0.717) is 27.8 Å². The number of carbonyl (C=O) groups excluding carboxylic acids is 2. The molecule has 158 valence electrons. The lowest BCUT2D eigenvalue weighted by Gasteiger charge is -2.06. The number of hydrogen-bond donors (Lipinski definition) is 1. The van der Waals surface area contributed by atoms with Crippen molar-refractivity contribution in [1.82, 2.24) is 5.43 Å². The first-order valence-corrected chi connectivity index (χ1v) is 9.58. The number of amides is 1. The van der Waals surface area contributed by atoms with Gasteiger partial charge in [-0.1, -0.05) is 23.7 Å². The predicted molar refractivity (Wildman–Crippen MR) is 117 cm³/mol. The van der Waals surface area contributed by atoms with Gasteiger partial charge < -0.3 is 14.2 Å². The largest absolute Gasteiger partial charge is 0.497 e. The second-order valence-corrected chi connectivity index (χ2v) is 6.60. The van der Waals surface area contributed by atoms with Crippen LogP contribution >= 0.6 is 11.6 Å². The molecule has 31 heavy (non-hydrogen) atoms. The molecule has 0 bridgehead atoms. The fourth-order valence-corrected chi connectivity index (χ4v) is 2.66. The van der Waals surface area contributed by atoms with Crippen LogP contribution in [0, 0.1) is 0 Å². The predicted octanol–water partition coefficient (Wildman–Crippen LogP) is 4.10. The quantitative estimate of drug-likeness (QED) is 0.248. The van der Waals surface area contributed by atoms with Crippen molar-refractivity contribution in [3.8, 4) is 17.2 Å². The van der Waals surface area contributed by atoms with Gasteiger partial charge in [0.1, 0.15) is 17.2 Å². The number of hydrazone groups is 1. The van der Waals surface area contributed by atoms with E-state index < -0.39 is 11.9 Å². The van der Waals surface area contributed by atoms with Crippen molar-refractivity contribution in [2.24, 2.45) is 5.10 Å². The van der Waals surface area contributed by atoms with E-state index in [4.69, 9.17) is 25.8 Å². The number of benzene rings is 3. The standard InChI is InChI=1S/C23H19ClN2O5/c1-29-17-10-12-18(13-11-17)30-15-22(27)26-25-14-16-6-8-19(9-7-16)31-23(28)20-4-2-3-5-21(20)24/h2-14H,15H2,1H3,(H,26,27). The Hall–Kier alpha value is -3.84. The lowest BCUT2D eigenvalue weighted by molar-refractivity contribution is -0.123. The van der Waals surface area contributed by atoms with E-state index in [1.54, 1.807) is 79.9 Å². The molecule has 3 rings (SSSR count). The first-order valence-electron chi connectivity index (χ1n) is 9.20. The molecule has 0 radical (unpaired) electrons. The number of nitrogens with one attached hydrogen (secondary N) is 1. The molecule has 7 nitrogen and oxygen atoms in total. The Morgan fingerprint density at radius 1 is 0.935 bits per heavy atom. The summed E-state index contributed by atoms with van der Waals surface area (Å²) in [6.07, 6.45) is 1.46. The monoisotopic (exact) mass is 438 g/mol. The molecule has 8 heteroatoms. The van der Waals surface area contributed by atoms with Crippen LogP contribution in [0.1, 0.15) is 15.9 Å². The number of hydrogen-bond acceptors (Lipinski definition) is 6. The van der Waals surface area contributed by atoms with E-state index in [1.165, 1.54) is 6.21 Å². The topological polar surface area (TPSA) is 86.2 Å². The fourth-order valence-electron chi connectivity index (χ4n) is 2.44. The number of rotatable bonds is 8. The summed E-state index contributed by atoms with van der Waals surface area (Å²) in [6.45, 7) is -0.180. The Morgan fingerprint density at radius 2 is 1.58 bits per heavy atom. The molecule has 0 saturated carbocycles. The van der Waals surface area contributed by atoms with Gasteiger partial charge in [-0.15, -0.1) is 0 Å². The molecule has 0 saturated heterocycles. The number of methoxy groups -OCH3 is 1. The Labute approximate surface area is 184 Å². The minimum atomic E-state index is -0.545. The van der Waals surface area contributed by atoms with Gasteiger partial charge in [-0.2, -0.15) is 5.10 Å². The molecule has 0 aliphatic rings. The van der Waals surface area contributed by atoms with E-state index in [9.17, 15) is 9.59 Å². The van der Waals surface area contributed by atoms with Crippen LogP contribution in [-0.4, -0.2) is 31.8 Å². The minimum absolute atomic E-state index is 0.180. The summed E-state index contributed by atoms with van der Waals surface area (Å²) in [5.41, 5.74) is 3.37. The third kappa shape index (κ3) is 6.58. The molecule has 0 atom stereocenters. The van der Waals surface area contributed by atoms with E-state index in [1.807, 2.05) is 0 Å². The van der Waals surface area contributed by atoms with Gasteiger partial charge in [-0.3, -0.25) is 4.79 Å². The third-order valence-corrected chi connectivity index (χ3v) is 4.35. The van der Waals surface area contributed by atoms with Crippen molar-refractivity contribution in [2.75, 3.05) is 13.7 Å². The number of halogens is 1. The Kier molecular flexibility index (Phi) is 7.61. The van der Waals surface area contributed by atoms with Gasteiger partial charge in [0.05, 0.1) is 23.9 Å². The zero-order valence-electron chi connectivity index (χ0n) is 16.6. The molecule has 3 aromatic rings. The molecular weight excluding hydrogens is 420 g/mol. The second kappa shape index (κ2) is 10.8. The summed E-state index contributed by atoms with van der Waals surface area (Å²) in [4.78, 5) is 24.0. The highest BCUT2D eigenvalue weighted by Crippen LogP contribution is 2.19. The molecule has 0 heterocycles. The number of nitrogens with zero attached hydrogens (tertiary/aromatic N) is 1. The smallest absolute Gasteiger partial charge is 0.345 e. The molecule has 0 spiro atoms. The van der Waals surface area contributed by atoms with Crippen LogP contribution in [0.15, 0.2) is 77.9 Å². The summed E-state index contributed by atoms with van der Waals surface area (Å²) >= 11 is 6.00. The molecule has 0 fully saturated rings. The molecule has 3 aromatic carbocycles. The van der Waals surface area contributed by atoms with Crippen LogP contribution in [0.2, 0.25) is 5.02 Å². The van der Waals surface area contributed by atoms with Gasteiger partial charge in [0.25, 0.3) is 5.91 Å². The molecule has 1 amide bonds. The van der Waals surface area contributed by atoms with Gasteiger partial charge in [-0.25, -0.2) is 10.2 Å². The first-order chi connectivity index (χ1) is 15.0. The molecule has 0 aromatic heterocycles. The van der Waals surface area contributed by atoms with Crippen LogP contribution in [0.25, 0.3) is 0 Å². The molecule has 0 unspecified atom stereocenters. The average Bonchev–Trinajstić information content (AvgIpc) is 2.79. The zero-order valence-corrected chi connectivity index (χ0v) is 17.3. The van der Waals surface area contributed by atoms with Crippen molar-refractivity contribution < 1.29 is 23.8 Å². The minimum Gasteiger partial charge on any atom is -0.497 e. The van der Waals surface area contributed by atoms with Gasteiger partial charge >= 0.3 is 5.97 Å². The van der Waals surface area contributed by atoms with E-state index in [2.05, 4.69) is 10.5 Å². The van der Waals surface area contributed by atoms with E-state index >= 15 is 0 Å². The maximum atomic E-state index is 12.2. The lowest BCUT2D eigenvalue weighted by atomic mass is 10.2. The molecule has 0 aliphatic heterocycles. The summed E-state index contributed by atoms with van der Waals surface area (Å²) in [5, 5.41) is 4.20. The van der Waals surface area contributed by atoms with Gasteiger partial charge in [0.15, 0.2) is 6.61 Å². The summed E-state index contributed by atoms with van der Waals surface area (Å²) in [5.74, 6) is 0.653. The number of carbonyl (C=O) groups is 2. The van der Waals surface area contributed by atoms with Gasteiger partial charge in [0, 0.05) is 0 Å². The summed E-state index contributed by atoms with van der Waals surface area (Å²) < 4.78 is 15.7. The van der Waals surface area contributed by atoms with Crippen LogP contribution in [0.3, 0.4) is 0 Å². The lowest BCUT2D eigenvalue weighted by Crippen LogP contribution is -2.24. The van der Waals surface area contributed by atoms with Crippen molar-refractivity contribution in [1.29, 1.82) is 0 Å². The Bertz CT molecular complexity index is 1070. The molecular formula is C23H19ClN2O5. The third-order valence-electron chi connectivity index (χ3n) is 4.02. The Morgan fingerprint density at radius 3 is 2.26 bits per heavy atom. The molecule has 1 N–H and O–H groups in total. The van der Waals surface area contributed by atoms with Crippen LogP contribution in [-0.2, 0) is 4.79 Å². The maximum absolute atomic E-state index is 12.2. The van der Waals surface area contributed by atoms with Crippen molar-refractivity contribution >= 4 is 29.7 Å². The van der Waals surface area contributed by atoms with Crippen molar-refractivity contribution in [2.45, 2.75) is 0 Å². The highest BCUT2D eigenvalue weighted by Gasteiger charge is 2.12. The average molecular weight is 439 g/mol. The van der Waals surface area contributed by atoms with Crippen molar-refractivity contribution in [3.05, 3.63) is 88.9 Å². The highest BCUT2D eigenvalue weighted by molar-refractivity contribution is 6.33. The summed E-state index contributed by atoms with van der Waals surface area (Å²) in [6, 6.07) is 20.1. The van der Waals surface area contributed by atoms with Crippen molar-refractivity contribution in [3.63, 3.8) is 0 Å². The van der Waals surface area contributed by atoms with E-state index in [-0.39, 0.29) is 12.2 Å². The number of esters is 1. The highest BCUT2D eigenvalue weighted by atomic mass is 35.5. The number of ether oxygens (including phenoxy) is 3. The van der Waals surface area contributed by atoms with Crippen LogP contribution in [0.5, 0.6) is 17.2 Å².